The first-order valence-electron chi connectivity index (χ1n) is 7.88. The van der Waals surface area contributed by atoms with Gasteiger partial charge in [-0.15, -0.1) is 0 Å². The molecule has 0 saturated carbocycles. The highest BCUT2D eigenvalue weighted by atomic mass is 16.6. The summed E-state index contributed by atoms with van der Waals surface area (Å²) in [5, 5.41) is 0. The molecule has 0 bridgehead atoms. The number of nitrogens with two attached hydrogens (primary N) is 1. The Balaban J connectivity index is 2.69. The molecule has 5 nitrogen and oxygen atoms in total. The van der Waals surface area contributed by atoms with Gasteiger partial charge in [-0.25, -0.2) is 4.79 Å². The van der Waals surface area contributed by atoms with Gasteiger partial charge >= 0.3 is 11.9 Å². The fourth-order valence-electron chi connectivity index (χ4n) is 1.81. The summed E-state index contributed by atoms with van der Waals surface area (Å²) in [5.74, 6) is -0.816. The van der Waals surface area contributed by atoms with Crippen LogP contribution in [0.3, 0.4) is 0 Å². The van der Waals surface area contributed by atoms with Crippen molar-refractivity contribution in [2.24, 2.45) is 17.1 Å². The molecule has 5 heteroatoms. The predicted octanol–water partition coefficient (Wildman–Crippen LogP) is 2.67. The first-order valence-corrected chi connectivity index (χ1v) is 7.88. The van der Waals surface area contributed by atoms with E-state index in [1.165, 1.54) is 0 Å². The van der Waals surface area contributed by atoms with Crippen LogP contribution in [0, 0.1) is 11.3 Å². The molecular weight excluding hydrogens is 294 g/mol. The first-order chi connectivity index (χ1) is 10.8. The normalized spacial score (nSPS) is 12.8. The first kappa shape index (κ1) is 19.2. The maximum absolute atomic E-state index is 12.3. The second-order valence-corrected chi connectivity index (χ2v) is 6.70. The van der Waals surface area contributed by atoms with E-state index in [1.54, 1.807) is 13.8 Å². The fraction of sp³-hybridized carbons (Fsp3) is 0.556. The Labute approximate surface area is 138 Å². The third-order valence-corrected chi connectivity index (χ3v) is 3.48. The SMILES string of the molecule is CC(C)C[C@H](OC(=O)C(C)(C)CN)C(=O)OCc1ccccc1. The van der Waals surface area contributed by atoms with Crippen molar-refractivity contribution in [2.45, 2.75) is 46.8 Å². The lowest BCUT2D eigenvalue weighted by Gasteiger charge is -2.25. The van der Waals surface area contributed by atoms with E-state index in [1.807, 2.05) is 44.2 Å². The van der Waals surface area contributed by atoms with E-state index in [9.17, 15) is 9.59 Å². The third-order valence-electron chi connectivity index (χ3n) is 3.48. The molecule has 23 heavy (non-hydrogen) atoms. The molecular formula is C18H27NO4. The molecule has 0 aliphatic heterocycles. The molecule has 0 saturated heterocycles. The summed E-state index contributed by atoms with van der Waals surface area (Å²) in [5.41, 5.74) is 5.64. The fourth-order valence-corrected chi connectivity index (χ4v) is 1.81. The van der Waals surface area contributed by atoms with Gasteiger partial charge in [-0.3, -0.25) is 4.79 Å². The van der Waals surface area contributed by atoms with Crippen molar-refractivity contribution in [1.29, 1.82) is 0 Å². The number of carbonyl (C=O) groups is 2. The summed E-state index contributed by atoms with van der Waals surface area (Å²) in [7, 11) is 0. The van der Waals surface area contributed by atoms with Gasteiger partial charge in [0, 0.05) is 6.54 Å². The summed E-state index contributed by atoms with van der Waals surface area (Å²) >= 11 is 0. The van der Waals surface area contributed by atoms with E-state index < -0.39 is 23.5 Å². The van der Waals surface area contributed by atoms with Crippen LogP contribution in [-0.4, -0.2) is 24.6 Å². The van der Waals surface area contributed by atoms with Gasteiger partial charge in [-0.05, 0) is 31.7 Å². The molecule has 128 valence electrons. The zero-order chi connectivity index (χ0) is 17.5. The predicted molar refractivity (Wildman–Crippen MR) is 88.4 cm³/mol. The number of carbonyl (C=O) groups excluding carboxylic acids is 2. The summed E-state index contributed by atoms with van der Waals surface area (Å²) < 4.78 is 10.7. The zero-order valence-corrected chi connectivity index (χ0v) is 14.4. The quantitative estimate of drug-likeness (QED) is 0.745. The standard InChI is InChI=1S/C18H27NO4/c1-13(2)10-15(23-17(21)18(3,4)12-19)16(20)22-11-14-8-6-5-7-9-14/h5-9,13,15H,10-12,19H2,1-4H3/t15-/m0/s1. The van der Waals surface area contributed by atoms with Gasteiger partial charge in [0.25, 0.3) is 0 Å². The van der Waals surface area contributed by atoms with E-state index in [0.29, 0.717) is 6.42 Å². The molecule has 0 unspecified atom stereocenters. The molecule has 1 atom stereocenters. The van der Waals surface area contributed by atoms with Crippen molar-refractivity contribution in [1.82, 2.24) is 0 Å². The second kappa shape index (κ2) is 8.67. The van der Waals surface area contributed by atoms with E-state index >= 15 is 0 Å². The molecule has 0 radical (unpaired) electrons. The van der Waals surface area contributed by atoms with E-state index in [0.717, 1.165) is 5.56 Å². The highest BCUT2D eigenvalue weighted by Gasteiger charge is 2.33. The van der Waals surface area contributed by atoms with E-state index in [4.69, 9.17) is 15.2 Å². The summed E-state index contributed by atoms with van der Waals surface area (Å²) in [4.78, 5) is 24.4. The Morgan fingerprint density at radius 1 is 1.17 bits per heavy atom. The van der Waals surface area contributed by atoms with Crippen molar-refractivity contribution in [3.63, 3.8) is 0 Å². The van der Waals surface area contributed by atoms with Crippen LogP contribution in [0.15, 0.2) is 30.3 Å². The van der Waals surface area contributed by atoms with Crippen molar-refractivity contribution in [3.05, 3.63) is 35.9 Å². The molecule has 0 heterocycles. The molecule has 2 N–H and O–H groups in total. The smallest absolute Gasteiger partial charge is 0.347 e. The van der Waals surface area contributed by atoms with Crippen LogP contribution in [0.4, 0.5) is 0 Å². The van der Waals surface area contributed by atoms with Gasteiger partial charge in [-0.1, -0.05) is 44.2 Å². The van der Waals surface area contributed by atoms with E-state index in [-0.39, 0.29) is 19.1 Å². The van der Waals surface area contributed by atoms with Crippen LogP contribution in [0.5, 0.6) is 0 Å². The summed E-state index contributed by atoms with van der Waals surface area (Å²) in [6.45, 7) is 7.61. The summed E-state index contributed by atoms with van der Waals surface area (Å²) in [6.07, 6.45) is -0.489. The average molecular weight is 321 g/mol. The molecule has 1 rings (SSSR count). The van der Waals surface area contributed by atoms with Gasteiger partial charge in [0.05, 0.1) is 5.41 Å². The van der Waals surface area contributed by atoms with Crippen molar-refractivity contribution >= 4 is 11.9 Å². The number of esters is 2. The average Bonchev–Trinajstić information content (AvgIpc) is 2.52. The zero-order valence-electron chi connectivity index (χ0n) is 14.4. The van der Waals surface area contributed by atoms with Crippen molar-refractivity contribution < 1.29 is 19.1 Å². The molecule has 0 fully saturated rings. The van der Waals surface area contributed by atoms with Gasteiger partial charge in [0.1, 0.15) is 6.61 Å². The maximum atomic E-state index is 12.3. The molecule has 0 aromatic heterocycles. The molecule has 1 aromatic rings. The lowest BCUT2D eigenvalue weighted by atomic mass is 9.94. The number of hydrogen-bond donors (Lipinski definition) is 1. The minimum atomic E-state index is -0.906. The topological polar surface area (TPSA) is 78.6 Å². The number of rotatable bonds is 8. The molecule has 0 aliphatic rings. The highest BCUT2D eigenvalue weighted by Crippen LogP contribution is 2.19. The number of benzene rings is 1. The van der Waals surface area contributed by atoms with Crippen LogP contribution in [0.2, 0.25) is 0 Å². The summed E-state index contributed by atoms with van der Waals surface area (Å²) in [6, 6.07) is 9.38. The van der Waals surface area contributed by atoms with Gasteiger partial charge in [0.2, 0.25) is 0 Å². The van der Waals surface area contributed by atoms with E-state index in [2.05, 4.69) is 0 Å². The Morgan fingerprint density at radius 3 is 2.30 bits per heavy atom. The second-order valence-electron chi connectivity index (χ2n) is 6.70. The molecule has 0 spiro atoms. The largest absolute Gasteiger partial charge is 0.458 e. The van der Waals surface area contributed by atoms with Crippen LogP contribution in [0.25, 0.3) is 0 Å². The number of ether oxygens (including phenoxy) is 2. The Kier molecular flexibility index (Phi) is 7.23. The number of hydrogen-bond acceptors (Lipinski definition) is 5. The lowest BCUT2D eigenvalue weighted by molar-refractivity contribution is -0.175. The Bertz CT molecular complexity index is 511. The third kappa shape index (κ3) is 6.40. The lowest BCUT2D eigenvalue weighted by Crippen LogP contribution is -2.39. The minimum absolute atomic E-state index is 0.152. The Hall–Kier alpha value is -1.88. The minimum Gasteiger partial charge on any atom is -0.458 e. The van der Waals surface area contributed by atoms with Crippen molar-refractivity contribution in [3.8, 4) is 0 Å². The molecule has 0 aliphatic carbocycles. The van der Waals surface area contributed by atoms with Gasteiger partial charge < -0.3 is 15.2 Å². The van der Waals surface area contributed by atoms with Crippen LogP contribution >= 0.6 is 0 Å². The van der Waals surface area contributed by atoms with Crippen LogP contribution in [0.1, 0.15) is 39.7 Å². The maximum Gasteiger partial charge on any atom is 0.347 e. The van der Waals surface area contributed by atoms with Crippen LogP contribution in [-0.2, 0) is 25.7 Å². The molecule has 1 aromatic carbocycles. The Morgan fingerprint density at radius 2 is 1.78 bits per heavy atom. The highest BCUT2D eigenvalue weighted by molar-refractivity contribution is 5.82. The van der Waals surface area contributed by atoms with Gasteiger partial charge in [-0.2, -0.15) is 0 Å². The van der Waals surface area contributed by atoms with Crippen LogP contribution < -0.4 is 5.73 Å². The molecule has 0 amide bonds. The van der Waals surface area contributed by atoms with Gasteiger partial charge in [0.15, 0.2) is 6.10 Å². The van der Waals surface area contributed by atoms with Crippen molar-refractivity contribution in [2.75, 3.05) is 6.54 Å². The monoisotopic (exact) mass is 321 g/mol.